The van der Waals surface area contributed by atoms with Gasteiger partial charge in [0.05, 0.1) is 5.92 Å². The number of nitrogens with zero attached hydrogens (tertiary/aromatic N) is 6. The van der Waals surface area contributed by atoms with E-state index in [1.54, 1.807) is 12.4 Å². The summed E-state index contributed by atoms with van der Waals surface area (Å²) in [6, 6.07) is 3.87. The molecule has 0 radical (unpaired) electrons. The van der Waals surface area contributed by atoms with Crippen LogP contribution in [0.4, 0.5) is 10.9 Å². The van der Waals surface area contributed by atoms with Crippen LogP contribution >= 0.6 is 11.3 Å². The van der Waals surface area contributed by atoms with Crippen LogP contribution < -0.4 is 10.2 Å². The lowest BCUT2D eigenvalue weighted by atomic mass is 9.97. The minimum atomic E-state index is -0.0787. The summed E-state index contributed by atoms with van der Waals surface area (Å²) in [6.07, 6.45) is 7.10. The number of aryl methyl sites for hydroxylation is 1. The summed E-state index contributed by atoms with van der Waals surface area (Å²) < 4.78 is 1.89. The number of imidazole rings is 1. The Balaban J connectivity index is 1.44. The number of thiazole rings is 1. The Morgan fingerprint density at radius 2 is 2.08 bits per heavy atom. The topological polar surface area (TPSA) is 88.8 Å². The summed E-state index contributed by atoms with van der Waals surface area (Å²) in [7, 11) is 0. The number of hydrogen-bond acceptors (Lipinski definition) is 7. The lowest BCUT2D eigenvalue weighted by molar-refractivity contribution is -0.120. The zero-order valence-electron chi connectivity index (χ0n) is 14.4. The molecule has 3 aromatic rings. The predicted octanol–water partition coefficient (Wildman–Crippen LogP) is 2.28. The van der Waals surface area contributed by atoms with Crippen LogP contribution in [0.25, 0.3) is 5.82 Å². The minimum absolute atomic E-state index is 0.0169. The van der Waals surface area contributed by atoms with E-state index in [-0.39, 0.29) is 11.8 Å². The van der Waals surface area contributed by atoms with Crippen LogP contribution in [0.15, 0.2) is 36.1 Å². The molecule has 1 fully saturated rings. The fraction of sp³-hybridized carbons (Fsp3) is 0.353. The van der Waals surface area contributed by atoms with E-state index in [0.717, 1.165) is 36.8 Å². The highest BCUT2D eigenvalue weighted by atomic mass is 32.1. The maximum absolute atomic E-state index is 12.5. The number of carbonyl (C=O) groups is 1. The van der Waals surface area contributed by atoms with E-state index >= 15 is 0 Å². The molecule has 0 spiro atoms. The van der Waals surface area contributed by atoms with Crippen molar-refractivity contribution in [3.8, 4) is 5.82 Å². The van der Waals surface area contributed by atoms with Crippen LogP contribution in [0.2, 0.25) is 0 Å². The first-order valence-corrected chi connectivity index (χ1v) is 9.38. The summed E-state index contributed by atoms with van der Waals surface area (Å²) in [4.78, 5) is 22.9. The van der Waals surface area contributed by atoms with E-state index in [9.17, 15) is 4.79 Å². The molecule has 1 saturated heterocycles. The first-order valence-electron chi connectivity index (χ1n) is 8.50. The van der Waals surface area contributed by atoms with Gasteiger partial charge in [0, 0.05) is 37.1 Å². The van der Waals surface area contributed by atoms with Gasteiger partial charge in [-0.2, -0.15) is 0 Å². The molecular formula is C17H19N7OS. The first-order chi connectivity index (χ1) is 12.7. The predicted molar refractivity (Wildman–Crippen MR) is 99.6 cm³/mol. The van der Waals surface area contributed by atoms with Crippen molar-refractivity contribution in [2.24, 2.45) is 5.92 Å². The Hall–Kier alpha value is -2.81. The maximum atomic E-state index is 12.5. The zero-order chi connectivity index (χ0) is 17.9. The van der Waals surface area contributed by atoms with Crippen molar-refractivity contribution in [1.82, 2.24) is 24.7 Å². The number of carbonyl (C=O) groups excluding carboxylic acids is 1. The van der Waals surface area contributed by atoms with Crippen LogP contribution in [0.1, 0.15) is 18.7 Å². The molecule has 8 nitrogen and oxygen atoms in total. The number of anilines is 2. The van der Waals surface area contributed by atoms with Crippen LogP contribution in [0, 0.1) is 12.8 Å². The monoisotopic (exact) mass is 369 g/mol. The summed E-state index contributed by atoms with van der Waals surface area (Å²) >= 11 is 1.43. The SMILES string of the molecule is Cc1nccn1-c1ccc(N2CCCC(C(=O)Nc3nccs3)C2)nn1. The number of aromatic nitrogens is 5. The Kier molecular flexibility index (Phi) is 4.61. The fourth-order valence-electron chi connectivity index (χ4n) is 3.13. The van der Waals surface area contributed by atoms with E-state index in [4.69, 9.17) is 0 Å². The molecule has 134 valence electrons. The molecule has 26 heavy (non-hydrogen) atoms. The molecule has 4 rings (SSSR count). The van der Waals surface area contributed by atoms with Crippen molar-refractivity contribution in [1.29, 1.82) is 0 Å². The molecule has 1 aliphatic heterocycles. The third-order valence-electron chi connectivity index (χ3n) is 4.49. The minimum Gasteiger partial charge on any atom is -0.354 e. The largest absolute Gasteiger partial charge is 0.354 e. The smallest absolute Gasteiger partial charge is 0.231 e. The number of amides is 1. The normalized spacial score (nSPS) is 17.3. The van der Waals surface area contributed by atoms with Crippen LogP contribution in [0.3, 0.4) is 0 Å². The maximum Gasteiger partial charge on any atom is 0.231 e. The van der Waals surface area contributed by atoms with Gasteiger partial charge < -0.3 is 10.2 Å². The third kappa shape index (κ3) is 3.43. The number of piperidine rings is 1. The third-order valence-corrected chi connectivity index (χ3v) is 5.18. The molecule has 9 heteroatoms. The summed E-state index contributed by atoms with van der Waals surface area (Å²) in [6.45, 7) is 3.43. The molecule has 1 unspecified atom stereocenters. The molecule has 3 aromatic heterocycles. The first kappa shape index (κ1) is 16.6. The Morgan fingerprint density at radius 1 is 1.23 bits per heavy atom. The molecular weight excluding hydrogens is 350 g/mol. The van der Waals surface area contributed by atoms with Gasteiger partial charge in [-0.3, -0.25) is 9.36 Å². The van der Waals surface area contributed by atoms with Gasteiger partial charge in [-0.1, -0.05) is 0 Å². The molecule has 1 aliphatic rings. The molecule has 0 aromatic carbocycles. The van der Waals surface area contributed by atoms with Gasteiger partial charge in [-0.25, -0.2) is 9.97 Å². The average Bonchev–Trinajstić information content (AvgIpc) is 3.33. The Labute approximate surface area is 154 Å². The van der Waals surface area contributed by atoms with Gasteiger partial charge >= 0.3 is 0 Å². The van der Waals surface area contributed by atoms with Gasteiger partial charge in [0.25, 0.3) is 0 Å². The highest BCUT2D eigenvalue weighted by Crippen LogP contribution is 2.23. The molecule has 1 amide bonds. The highest BCUT2D eigenvalue weighted by molar-refractivity contribution is 7.13. The summed E-state index contributed by atoms with van der Waals surface area (Å²) in [5.74, 6) is 2.33. The zero-order valence-corrected chi connectivity index (χ0v) is 15.2. The van der Waals surface area contributed by atoms with Crippen molar-refractivity contribution >= 4 is 28.2 Å². The molecule has 0 aliphatic carbocycles. The van der Waals surface area contributed by atoms with Crippen molar-refractivity contribution in [2.45, 2.75) is 19.8 Å². The van der Waals surface area contributed by atoms with Crippen molar-refractivity contribution < 1.29 is 4.79 Å². The molecule has 0 saturated carbocycles. The molecule has 1 N–H and O–H groups in total. The van der Waals surface area contributed by atoms with E-state index < -0.39 is 0 Å². The van der Waals surface area contributed by atoms with Crippen molar-refractivity contribution in [3.63, 3.8) is 0 Å². The van der Waals surface area contributed by atoms with Crippen LogP contribution in [-0.2, 0) is 4.79 Å². The number of rotatable bonds is 4. The van der Waals surface area contributed by atoms with Crippen LogP contribution in [-0.4, -0.2) is 43.7 Å². The second-order valence-corrected chi connectivity index (χ2v) is 7.10. The van der Waals surface area contributed by atoms with Gasteiger partial charge in [0.15, 0.2) is 16.8 Å². The van der Waals surface area contributed by atoms with Gasteiger partial charge in [0.2, 0.25) is 5.91 Å². The van der Waals surface area contributed by atoms with Gasteiger partial charge in [-0.15, -0.1) is 21.5 Å². The molecule has 4 heterocycles. The molecule has 1 atom stereocenters. The quantitative estimate of drug-likeness (QED) is 0.759. The lowest BCUT2D eigenvalue weighted by Crippen LogP contribution is -2.41. The van der Waals surface area contributed by atoms with E-state index in [1.807, 2.05) is 35.2 Å². The van der Waals surface area contributed by atoms with Crippen LogP contribution in [0.5, 0.6) is 0 Å². The van der Waals surface area contributed by atoms with Crippen molar-refractivity contribution in [3.05, 3.63) is 41.9 Å². The average molecular weight is 369 g/mol. The lowest BCUT2D eigenvalue weighted by Gasteiger charge is -2.32. The van der Waals surface area contributed by atoms with E-state index in [1.165, 1.54) is 11.3 Å². The highest BCUT2D eigenvalue weighted by Gasteiger charge is 2.27. The molecule has 0 bridgehead atoms. The fourth-order valence-corrected chi connectivity index (χ4v) is 3.66. The van der Waals surface area contributed by atoms with Gasteiger partial charge in [-0.05, 0) is 31.9 Å². The second kappa shape index (κ2) is 7.20. The summed E-state index contributed by atoms with van der Waals surface area (Å²) in [5, 5.41) is 14.1. The Bertz CT molecular complexity index is 875. The van der Waals surface area contributed by atoms with E-state index in [2.05, 4.69) is 30.4 Å². The standard InChI is InChI=1S/C17H19N7OS/c1-12-18-6-9-24(12)15-5-4-14(21-22-15)23-8-2-3-13(11-23)16(25)20-17-19-7-10-26-17/h4-7,9-10,13H,2-3,8,11H2,1H3,(H,19,20,25). The van der Waals surface area contributed by atoms with E-state index in [0.29, 0.717) is 11.7 Å². The second-order valence-electron chi connectivity index (χ2n) is 6.21. The Morgan fingerprint density at radius 3 is 2.77 bits per heavy atom. The number of hydrogen-bond donors (Lipinski definition) is 1. The summed E-state index contributed by atoms with van der Waals surface area (Å²) in [5.41, 5.74) is 0. The number of nitrogens with one attached hydrogen (secondary N) is 1. The van der Waals surface area contributed by atoms with Gasteiger partial charge in [0.1, 0.15) is 5.82 Å². The van der Waals surface area contributed by atoms with Crippen molar-refractivity contribution in [2.75, 3.05) is 23.3 Å².